The Bertz CT molecular complexity index is 4090. The number of aryl methyl sites for hydroxylation is 2. The Morgan fingerprint density at radius 2 is 0.886 bits per heavy atom. The summed E-state index contributed by atoms with van der Waals surface area (Å²) < 4.78 is 32.6. The first-order valence-corrected chi connectivity index (χ1v) is 30.9. The molecule has 0 fully saturated rings. The second kappa shape index (κ2) is 16.1. The van der Waals surface area contributed by atoms with Crippen LogP contribution in [0.25, 0.3) is 26.8 Å². The molecule has 14 rings (SSSR count). The monoisotopic (exact) mass is 1060 g/mol. The lowest BCUT2D eigenvalue weighted by molar-refractivity contribution is 0.332. The molecule has 0 amide bonds. The van der Waals surface area contributed by atoms with E-state index in [1.54, 1.807) is 0 Å². The molecule has 0 unspecified atom stereocenters. The van der Waals surface area contributed by atoms with Crippen LogP contribution in [0.3, 0.4) is 0 Å². The van der Waals surface area contributed by atoms with Crippen molar-refractivity contribution >= 4 is 89.0 Å². The summed E-state index contributed by atoms with van der Waals surface area (Å²) in [7, 11) is 0. The summed E-state index contributed by atoms with van der Waals surface area (Å²) in [5, 5.41) is 1.21. The van der Waals surface area contributed by atoms with E-state index in [1.807, 2.05) is 29.5 Å². The van der Waals surface area contributed by atoms with Gasteiger partial charge in [0.2, 0.25) is 0 Å². The zero-order valence-electron chi connectivity index (χ0n) is 53.7. The Labute approximate surface area is 482 Å². The summed E-state index contributed by atoms with van der Waals surface area (Å²) in [4.78, 5) is 5.36. The van der Waals surface area contributed by atoms with Crippen molar-refractivity contribution in [1.29, 1.82) is 0 Å². The lowest BCUT2D eigenvalue weighted by atomic mass is 9.35. The van der Waals surface area contributed by atoms with Crippen LogP contribution in [0.1, 0.15) is 222 Å². The molecule has 5 heteroatoms. The second-order valence-corrected chi connectivity index (χ2v) is 32.1. The maximum atomic E-state index is 9.20. The maximum absolute atomic E-state index is 9.20. The Kier molecular flexibility index (Phi) is 9.85. The number of rotatable bonds is 3. The van der Waals surface area contributed by atoms with E-state index in [9.17, 15) is 4.11 Å². The number of thiophene rings is 1. The molecule has 0 spiro atoms. The zero-order valence-corrected chi connectivity index (χ0v) is 51.5. The van der Waals surface area contributed by atoms with Crippen LogP contribution < -0.4 is 25.5 Å². The number of para-hydroxylation sites is 1. The number of benzene rings is 6. The smallest absolute Gasteiger partial charge is 0.264 e. The number of hydrogen-bond acceptors (Lipinski definition) is 3. The highest BCUT2D eigenvalue weighted by atomic mass is 32.1. The van der Waals surface area contributed by atoms with Gasteiger partial charge < -0.3 is 14.4 Å². The van der Waals surface area contributed by atoms with E-state index in [-0.39, 0.29) is 50.0 Å². The third kappa shape index (κ3) is 7.21. The minimum Gasteiger partial charge on any atom is -0.311 e. The highest BCUT2D eigenvalue weighted by Gasteiger charge is 2.50. The van der Waals surface area contributed by atoms with Crippen LogP contribution in [0.15, 0.2) is 97.1 Å². The molecule has 0 N–H and O–H groups in total. The van der Waals surface area contributed by atoms with Gasteiger partial charge in [-0.25, -0.2) is 0 Å². The van der Waals surface area contributed by atoms with E-state index in [1.165, 1.54) is 111 Å². The van der Waals surface area contributed by atoms with Crippen LogP contribution in [0.5, 0.6) is 0 Å². The molecule has 0 saturated carbocycles. The summed E-state index contributed by atoms with van der Waals surface area (Å²) in [5.74, 6) is 0. The lowest BCUT2D eigenvalue weighted by Crippen LogP contribution is -2.61. The van der Waals surface area contributed by atoms with Gasteiger partial charge in [0.25, 0.3) is 6.71 Å². The average molecular weight is 1060 g/mol. The molecule has 0 bridgehead atoms. The van der Waals surface area contributed by atoms with Gasteiger partial charge in [-0.1, -0.05) is 147 Å². The minimum atomic E-state index is -2.35. The van der Waals surface area contributed by atoms with Crippen molar-refractivity contribution in [2.45, 2.75) is 219 Å². The van der Waals surface area contributed by atoms with Crippen molar-refractivity contribution in [2.75, 3.05) is 9.80 Å². The molecule has 79 heavy (non-hydrogen) atoms. The van der Waals surface area contributed by atoms with Gasteiger partial charge in [0, 0.05) is 48.4 Å². The number of anilines is 6. The number of hydrogen-bond donors (Lipinski definition) is 0. The molecule has 2 aliphatic heterocycles. The fourth-order valence-electron chi connectivity index (χ4n) is 16.4. The van der Waals surface area contributed by atoms with Crippen molar-refractivity contribution in [3.05, 3.63) is 153 Å². The van der Waals surface area contributed by atoms with Crippen molar-refractivity contribution in [3.63, 3.8) is 0 Å². The highest BCUT2D eigenvalue weighted by molar-refractivity contribution is 7.34. The molecule has 4 heterocycles. The third-order valence-electron chi connectivity index (χ3n) is 22.0. The van der Waals surface area contributed by atoms with Gasteiger partial charge in [0.05, 0.1) is 21.4 Å². The topological polar surface area (TPSA) is 11.4 Å². The van der Waals surface area contributed by atoms with Gasteiger partial charge in [0.15, 0.2) is 0 Å². The predicted octanol–water partition coefficient (Wildman–Crippen LogP) is 18.9. The number of aromatic nitrogens is 1. The van der Waals surface area contributed by atoms with Crippen molar-refractivity contribution in [3.8, 4) is 5.69 Å². The molecule has 406 valence electrons. The zero-order chi connectivity index (χ0) is 58.3. The Morgan fingerprint density at radius 3 is 1.42 bits per heavy atom. The third-order valence-corrected chi connectivity index (χ3v) is 23.3. The highest BCUT2D eigenvalue weighted by Crippen LogP contribution is 2.57. The molecule has 0 radical (unpaired) electrons. The Morgan fingerprint density at radius 1 is 0.443 bits per heavy atom. The molecule has 0 atom stereocenters. The quantitative estimate of drug-likeness (QED) is 0.163. The van der Waals surface area contributed by atoms with Gasteiger partial charge in [-0.2, -0.15) is 0 Å². The first-order chi connectivity index (χ1) is 38.1. The average Bonchev–Trinajstić information content (AvgIpc) is 1.44. The van der Waals surface area contributed by atoms with E-state index in [4.69, 9.17) is 0 Å². The minimum absolute atomic E-state index is 0.0132. The van der Waals surface area contributed by atoms with E-state index in [2.05, 4.69) is 211 Å². The molecular weight excluding hydrogens is 974 g/mol. The van der Waals surface area contributed by atoms with Crippen molar-refractivity contribution in [1.82, 2.24) is 4.57 Å². The first kappa shape index (κ1) is 48.2. The predicted molar refractivity (Wildman–Crippen MR) is 343 cm³/mol. The van der Waals surface area contributed by atoms with Crippen LogP contribution in [-0.2, 0) is 43.3 Å². The largest absolute Gasteiger partial charge is 0.311 e. The van der Waals surface area contributed by atoms with Crippen molar-refractivity contribution < 1.29 is 4.11 Å². The van der Waals surface area contributed by atoms with Gasteiger partial charge >= 0.3 is 0 Å². The summed E-state index contributed by atoms with van der Waals surface area (Å²) in [6.07, 6.45) is 9.03. The van der Waals surface area contributed by atoms with Gasteiger partial charge in [-0.05, 0) is 236 Å². The maximum Gasteiger partial charge on any atom is 0.264 e. The summed E-state index contributed by atoms with van der Waals surface area (Å²) in [6, 6.07) is 38.2. The Balaban J connectivity index is 1.17. The van der Waals surface area contributed by atoms with E-state index in [0.29, 0.717) is 5.56 Å². The van der Waals surface area contributed by atoms with Crippen LogP contribution >= 0.6 is 11.3 Å². The molecule has 3 nitrogen and oxygen atoms in total. The fourth-order valence-corrected chi connectivity index (χ4v) is 17.8. The van der Waals surface area contributed by atoms with Crippen LogP contribution in [0.4, 0.5) is 34.1 Å². The molecular formula is C74H86BN3S. The van der Waals surface area contributed by atoms with Crippen molar-refractivity contribution in [2.24, 2.45) is 0 Å². The molecule has 4 aliphatic carbocycles. The Hall–Kier alpha value is -5.52. The van der Waals surface area contributed by atoms with E-state index < -0.39 is 6.85 Å². The summed E-state index contributed by atoms with van der Waals surface area (Å²) >= 11 is 1.97. The summed E-state index contributed by atoms with van der Waals surface area (Å²) in [6.45, 7) is 39.0. The van der Waals surface area contributed by atoms with Gasteiger partial charge in [-0.15, -0.1) is 11.3 Å². The molecule has 0 saturated heterocycles. The van der Waals surface area contributed by atoms with Gasteiger partial charge in [0.1, 0.15) is 0 Å². The summed E-state index contributed by atoms with van der Waals surface area (Å²) in [5.41, 5.74) is 26.0. The lowest BCUT2D eigenvalue weighted by Gasteiger charge is -2.48. The number of fused-ring (bicyclic) bond motifs is 12. The normalized spacial score (nSPS) is 22.3. The fraction of sp³-hybridized carbons (Fsp3) is 0.459. The SMILES string of the molecule is [2H]C([2H])([2H])c1ccccc1-n1c2cc3c(cc2c2sc4c(c21)N(c1ccc2c(c1)C(C)(C)CCC2(C)C)c1cc(C)cc2c1B4c1cc4c(cc1N2c1ccc2c(c1)C(C)(C)CCC2(C)C)C(C)(C)CCC4(C)C)C(C)(C)CCC3(C)C. The molecule has 8 aromatic rings. The van der Waals surface area contributed by atoms with Crippen LogP contribution in [-0.4, -0.2) is 11.3 Å². The van der Waals surface area contributed by atoms with Crippen LogP contribution in [0.2, 0.25) is 0 Å². The molecule has 2 aromatic heterocycles. The van der Waals surface area contributed by atoms with E-state index in [0.717, 1.165) is 67.4 Å². The molecule has 6 aliphatic rings. The first-order valence-electron chi connectivity index (χ1n) is 31.6. The van der Waals surface area contributed by atoms with E-state index >= 15 is 0 Å². The van der Waals surface area contributed by atoms with Gasteiger partial charge in [-0.3, -0.25) is 0 Å². The molecule has 6 aromatic carbocycles. The standard InChI is InChI=1S/C74H86BN3S/c1-43-35-60-62-61(36-43)77(46-24-26-49-51(38-46)70(9,10)30-28-68(49,5)6)64-63-65(47-39-52-54(73(15,16)33-31-71(52,11)12)41-58(47)78(63)57-22-20-19-21-44(57)2)79-66(64)75(62)56-40-53-55(74(17,18)34-32-72(53,13)14)42-59(56)76(60)45-23-25-48-50(37-45)69(7,8)29-27-67(48,3)4/h19-26,35-42H,27-34H2,1-18H3/i2D3. The second-order valence-electron chi connectivity index (χ2n) is 31.1. The van der Waals surface area contributed by atoms with Crippen LogP contribution in [0, 0.1) is 13.8 Å². The number of nitrogens with zero attached hydrogens (tertiary/aromatic N) is 3.